The summed E-state index contributed by atoms with van der Waals surface area (Å²) in [6.45, 7) is 0. The van der Waals surface area contributed by atoms with Crippen molar-refractivity contribution in [3.8, 4) is 0 Å². The van der Waals surface area contributed by atoms with E-state index in [4.69, 9.17) is 5.11 Å². The van der Waals surface area contributed by atoms with Gasteiger partial charge in [0.05, 0.1) is 5.56 Å². The van der Waals surface area contributed by atoms with Crippen LogP contribution in [0.3, 0.4) is 0 Å². The molecule has 0 spiro atoms. The zero-order valence-corrected chi connectivity index (χ0v) is 11.6. The van der Waals surface area contributed by atoms with Crippen LogP contribution in [0.15, 0.2) is 24.3 Å². The lowest BCUT2D eigenvalue weighted by molar-refractivity contribution is 0.0697. The van der Waals surface area contributed by atoms with E-state index in [0.717, 1.165) is 25.7 Å². The first-order valence-corrected chi connectivity index (χ1v) is 6.95. The SMILES string of the molecule is CN(C(=O)Nc1cccc(C(=O)O)c1)C1CCCCC1. The Morgan fingerprint density at radius 1 is 1.25 bits per heavy atom. The number of hydrogen-bond acceptors (Lipinski definition) is 2. The number of urea groups is 1. The molecule has 108 valence electrons. The largest absolute Gasteiger partial charge is 0.478 e. The number of carbonyl (C=O) groups excluding carboxylic acids is 1. The molecule has 2 N–H and O–H groups in total. The number of anilines is 1. The van der Waals surface area contributed by atoms with Gasteiger partial charge in [-0.3, -0.25) is 0 Å². The van der Waals surface area contributed by atoms with E-state index in [-0.39, 0.29) is 17.6 Å². The van der Waals surface area contributed by atoms with Crippen molar-refractivity contribution in [1.82, 2.24) is 4.90 Å². The second-order valence-corrected chi connectivity index (χ2v) is 5.22. The van der Waals surface area contributed by atoms with Gasteiger partial charge in [0.2, 0.25) is 0 Å². The van der Waals surface area contributed by atoms with E-state index in [1.807, 2.05) is 0 Å². The summed E-state index contributed by atoms with van der Waals surface area (Å²) in [7, 11) is 1.80. The van der Waals surface area contributed by atoms with E-state index in [0.29, 0.717) is 5.69 Å². The smallest absolute Gasteiger partial charge is 0.335 e. The van der Waals surface area contributed by atoms with Gasteiger partial charge >= 0.3 is 12.0 Å². The summed E-state index contributed by atoms with van der Waals surface area (Å²) >= 11 is 0. The molecule has 1 aliphatic carbocycles. The number of rotatable bonds is 3. The third-order valence-electron chi connectivity index (χ3n) is 3.80. The fourth-order valence-corrected chi connectivity index (χ4v) is 2.58. The Morgan fingerprint density at radius 2 is 1.95 bits per heavy atom. The Kier molecular flexibility index (Phi) is 4.61. The first kappa shape index (κ1) is 14.4. The van der Waals surface area contributed by atoms with Crippen LogP contribution < -0.4 is 5.32 Å². The predicted octanol–water partition coefficient (Wildman–Crippen LogP) is 3.18. The first-order valence-electron chi connectivity index (χ1n) is 6.95. The lowest BCUT2D eigenvalue weighted by Gasteiger charge is -2.31. The highest BCUT2D eigenvalue weighted by Gasteiger charge is 2.22. The van der Waals surface area contributed by atoms with Crippen molar-refractivity contribution in [3.05, 3.63) is 29.8 Å². The van der Waals surface area contributed by atoms with E-state index >= 15 is 0 Å². The van der Waals surface area contributed by atoms with E-state index in [2.05, 4.69) is 5.32 Å². The number of amides is 2. The third kappa shape index (κ3) is 3.50. The Morgan fingerprint density at radius 3 is 2.60 bits per heavy atom. The molecule has 0 radical (unpaired) electrons. The van der Waals surface area contributed by atoms with Crippen LogP contribution in [0.1, 0.15) is 42.5 Å². The molecule has 1 aromatic rings. The quantitative estimate of drug-likeness (QED) is 0.890. The first-order chi connectivity index (χ1) is 9.58. The maximum Gasteiger partial charge on any atom is 0.335 e. The van der Waals surface area contributed by atoms with E-state index in [1.165, 1.54) is 18.6 Å². The number of carboxylic acid groups (broad SMARTS) is 1. The van der Waals surface area contributed by atoms with Crippen LogP contribution in [0.2, 0.25) is 0 Å². The number of carbonyl (C=O) groups is 2. The minimum absolute atomic E-state index is 0.170. The molecule has 1 saturated carbocycles. The van der Waals surface area contributed by atoms with Gasteiger partial charge in [-0.2, -0.15) is 0 Å². The van der Waals surface area contributed by atoms with Crippen molar-refractivity contribution >= 4 is 17.7 Å². The van der Waals surface area contributed by atoms with E-state index in [9.17, 15) is 9.59 Å². The molecule has 5 nitrogen and oxygen atoms in total. The second kappa shape index (κ2) is 6.41. The molecule has 0 atom stereocenters. The summed E-state index contributed by atoms with van der Waals surface area (Å²) in [6, 6.07) is 6.39. The predicted molar refractivity (Wildman–Crippen MR) is 77.1 cm³/mol. The zero-order valence-electron chi connectivity index (χ0n) is 11.6. The van der Waals surface area contributed by atoms with Gasteiger partial charge in [-0.05, 0) is 31.0 Å². The Labute approximate surface area is 118 Å². The molecule has 0 heterocycles. The highest BCUT2D eigenvalue weighted by atomic mass is 16.4. The number of aromatic carboxylic acids is 1. The maximum absolute atomic E-state index is 12.2. The fraction of sp³-hybridized carbons (Fsp3) is 0.467. The highest BCUT2D eigenvalue weighted by Crippen LogP contribution is 2.22. The zero-order chi connectivity index (χ0) is 14.5. The maximum atomic E-state index is 12.2. The molecular weight excluding hydrogens is 256 g/mol. The second-order valence-electron chi connectivity index (χ2n) is 5.22. The minimum Gasteiger partial charge on any atom is -0.478 e. The van der Waals surface area contributed by atoms with Crippen LogP contribution in [-0.4, -0.2) is 35.1 Å². The molecule has 0 aliphatic heterocycles. The minimum atomic E-state index is -0.998. The standard InChI is InChI=1S/C15H20N2O3/c1-17(13-8-3-2-4-9-13)15(20)16-12-7-5-6-11(10-12)14(18)19/h5-7,10,13H,2-4,8-9H2,1H3,(H,16,20)(H,18,19). The summed E-state index contributed by atoms with van der Waals surface area (Å²) < 4.78 is 0. The van der Waals surface area contributed by atoms with Gasteiger partial charge in [-0.15, -0.1) is 0 Å². The van der Waals surface area contributed by atoms with Crippen molar-refractivity contribution in [1.29, 1.82) is 0 Å². The van der Waals surface area contributed by atoms with Gasteiger partial charge in [0, 0.05) is 18.8 Å². The number of carboxylic acids is 1. The van der Waals surface area contributed by atoms with Gasteiger partial charge in [-0.25, -0.2) is 9.59 Å². The molecule has 0 unspecified atom stereocenters. The topological polar surface area (TPSA) is 69.6 Å². The van der Waals surface area contributed by atoms with Gasteiger partial charge in [0.1, 0.15) is 0 Å². The Hall–Kier alpha value is -2.04. The lowest BCUT2D eigenvalue weighted by atomic mass is 9.95. The fourth-order valence-electron chi connectivity index (χ4n) is 2.58. The summed E-state index contributed by atoms with van der Waals surface area (Å²) in [4.78, 5) is 24.8. The van der Waals surface area contributed by atoms with Crippen LogP contribution in [0.5, 0.6) is 0 Å². The Bertz CT molecular complexity index is 496. The van der Waals surface area contributed by atoms with Crippen molar-refractivity contribution in [2.45, 2.75) is 38.1 Å². The van der Waals surface area contributed by atoms with Crippen LogP contribution in [0.4, 0.5) is 10.5 Å². The highest BCUT2D eigenvalue weighted by molar-refractivity contribution is 5.93. The molecule has 0 saturated heterocycles. The third-order valence-corrected chi connectivity index (χ3v) is 3.80. The molecule has 0 aromatic heterocycles. The van der Waals surface area contributed by atoms with E-state index < -0.39 is 5.97 Å². The number of nitrogens with one attached hydrogen (secondary N) is 1. The van der Waals surface area contributed by atoms with Crippen LogP contribution in [-0.2, 0) is 0 Å². The summed E-state index contributed by atoms with van der Waals surface area (Å²) in [6.07, 6.45) is 5.65. The summed E-state index contributed by atoms with van der Waals surface area (Å²) in [5.74, 6) is -0.998. The summed E-state index contributed by atoms with van der Waals surface area (Å²) in [5, 5.41) is 11.7. The molecule has 2 amide bonds. The number of benzene rings is 1. The van der Waals surface area contributed by atoms with E-state index in [1.54, 1.807) is 24.1 Å². The van der Waals surface area contributed by atoms with Crippen molar-refractivity contribution in [2.75, 3.05) is 12.4 Å². The van der Waals surface area contributed by atoms with Crippen LogP contribution >= 0.6 is 0 Å². The lowest BCUT2D eigenvalue weighted by Crippen LogP contribution is -2.40. The van der Waals surface area contributed by atoms with Gasteiger partial charge in [0.15, 0.2) is 0 Å². The van der Waals surface area contributed by atoms with Gasteiger partial charge < -0.3 is 15.3 Å². The van der Waals surface area contributed by atoms with Gasteiger partial charge in [0.25, 0.3) is 0 Å². The van der Waals surface area contributed by atoms with Crippen molar-refractivity contribution < 1.29 is 14.7 Å². The average Bonchev–Trinajstić information content (AvgIpc) is 2.47. The van der Waals surface area contributed by atoms with Crippen LogP contribution in [0, 0.1) is 0 Å². The van der Waals surface area contributed by atoms with Gasteiger partial charge in [-0.1, -0.05) is 25.3 Å². The number of nitrogens with zero attached hydrogens (tertiary/aromatic N) is 1. The van der Waals surface area contributed by atoms with Crippen molar-refractivity contribution in [3.63, 3.8) is 0 Å². The average molecular weight is 276 g/mol. The monoisotopic (exact) mass is 276 g/mol. The molecule has 0 bridgehead atoms. The molecule has 2 rings (SSSR count). The molecular formula is C15H20N2O3. The molecule has 1 aromatic carbocycles. The number of hydrogen-bond donors (Lipinski definition) is 2. The van der Waals surface area contributed by atoms with Crippen molar-refractivity contribution in [2.24, 2.45) is 0 Å². The summed E-state index contributed by atoms with van der Waals surface area (Å²) in [5.41, 5.74) is 0.681. The molecule has 1 fully saturated rings. The Balaban J connectivity index is 1.99. The molecule has 1 aliphatic rings. The molecule has 5 heteroatoms. The molecule has 20 heavy (non-hydrogen) atoms. The normalized spacial score (nSPS) is 15.7. The van der Waals surface area contributed by atoms with Crippen LogP contribution in [0.25, 0.3) is 0 Å².